The van der Waals surface area contributed by atoms with Crippen LogP contribution in [0, 0.1) is 6.92 Å². The molecule has 0 aliphatic rings. The molecule has 6 nitrogen and oxygen atoms in total. The zero-order chi connectivity index (χ0) is 14.7. The number of carbonyl (C=O) groups is 1. The van der Waals surface area contributed by atoms with Gasteiger partial charge in [0, 0.05) is 28.0 Å². The normalized spacial score (nSPS) is 10.2. The highest BCUT2D eigenvalue weighted by atomic mass is 35.5. The highest BCUT2D eigenvalue weighted by Crippen LogP contribution is 2.18. The average molecular weight is 293 g/mol. The van der Waals surface area contributed by atoms with E-state index in [1.54, 1.807) is 19.1 Å². The standard InChI is InChI=1S/C13H13ClN4O2/c1-7-3-11(20-2)17-13(16-7)18-12(19)8-4-9(14)6-10(15)5-8/h3-6H,15H2,1-2H3,(H,16,17,18,19). The number of carbonyl (C=O) groups excluding carboxylic acids is 1. The summed E-state index contributed by atoms with van der Waals surface area (Å²) < 4.78 is 5.02. The topological polar surface area (TPSA) is 90.1 Å². The minimum Gasteiger partial charge on any atom is -0.481 e. The van der Waals surface area contributed by atoms with Gasteiger partial charge in [-0.05, 0) is 25.1 Å². The number of benzene rings is 1. The highest BCUT2D eigenvalue weighted by molar-refractivity contribution is 6.31. The second-order valence-corrected chi connectivity index (χ2v) is 4.54. The smallest absolute Gasteiger partial charge is 0.258 e. The van der Waals surface area contributed by atoms with Crippen LogP contribution in [-0.4, -0.2) is 23.0 Å². The van der Waals surface area contributed by atoms with Crippen molar-refractivity contribution in [1.82, 2.24) is 9.97 Å². The third-order valence-electron chi connectivity index (χ3n) is 2.45. The minimum atomic E-state index is -0.396. The number of aromatic nitrogens is 2. The Bertz CT molecular complexity index is 641. The molecule has 0 fully saturated rings. The number of amides is 1. The van der Waals surface area contributed by atoms with E-state index in [9.17, 15) is 4.79 Å². The maximum absolute atomic E-state index is 12.1. The zero-order valence-electron chi connectivity index (χ0n) is 11.0. The molecular formula is C13H13ClN4O2. The Morgan fingerprint density at radius 2 is 2.05 bits per heavy atom. The number of methoxy groups -OCH3 is 1. The van der Waals surface area contributed by atoms with Crippen LogP contribution in [0.2, 0.25) is 5.02 Å². The number of anilines is 2. The maximum atomic E-state index is 12.1. The number of ether oxygens (including phenoxy) is 1. The van der Waals surface area contributed by atoms with Gasteiger partial charge in [0.2, 0.25) is 11.8 Å². The summed E-state index contributed by atoms with van der Waals surface area (Å²) in [5.41, 5.74) is 7.06. The fourth-order valence-corrected chi connectivity index (χ4v) is 1.86. The SMILES string of the molecule is COc1cc(C)nc(NC(=O)c2cc(N)cc(Cl)c2)n1. The number of nitrogens with one attached hydrogen (secondary N) is 1. The van der Waals surface area contributed by atoms with Crippen molar-refractivity contribution in [3.63, 3.8) is 0 Å². The Morgan fingerprint density at radius 3 is 2.70 bits per heavy atom. The number of aryl methyl sites for hydroxylation is 1. The summed E-state index contributed by atoms with van der Waals surface area (Å²) in [6.07, 6.45) is 0. The van der Waals surface area contributed by atoms with Gasteiger partial charge in [0.25, 0.3) is 5.91 Å². The van der Waals surface area contributed by atoms with E-state index >= 15 is 0 Å². The number of hydrogen-bond donors (Lipinski definition) is 2. The van der Waals surface area contributed by atoms with Gasteiger partial charge in [0.1, 0.15) is 0 Å². The van der Waals surface area contributed by atoms with Gasteiger partial charge in [-0.15, -0.1) is 0 Å². The Kier molecular flexibility index (Phi) is 4.05. The van der Waals surface area contributed by atoms with E-state index in [-0.39, 0.29) is 5.95 Å². The van der Waals surface area contributed by atoms with Gasteiger partial charge >= 0.3 is 0 Å². The van der Waals surface area contributed by atoms with E-state index < -0.39 is 5.91 Å². The lowest BCUT2D eigenvalue weighted by Gasteiger charge is -2.07. The van der Waals surface area contributed by atoms with Crippen molar-refractivity contribution in [3.05, 3.63) is 40.5 Å². The largest absolute Gasteiger partial charge is 0.481 e. The molecule has 1 amide bonds. The molecule has 3 N–H and O–H groups in total. The maximum Gasteiger partial charge on any atom is 0.258 e. The second-order valence-electron chi connectivity index (χ2n) is 4.10. The van der Waals surface area contributed by atoms with Crippen LogP contribution >= 0.6 is 11.6 Å². The van der Waals surface area contributed by atoms with E-state index in [1.807, 2.05) is 0 Å². The molecule has 1 heterocycles. The summed E-state index contributed by atoms with van der Waals surface area (Å²) in [5.74, 6) is 0.135. The van der Waals surface area contributed by atoms with Crippen LogP contribution < -0.4 is 15.8 Å². The van der Waals surface area contributed by atoms with E-state index in [1.165, 1.54) is 19.2 Å². The summed E-state index contributed by atoms with van der Waals surface area (Å²) in [7, 11) is 1.49. The van der Waals surface area contributed by atoms with Crippen LogP contribution in [-0.2, 0) is 0 Å². The van der Waals surface area contributed by atoms with E-state index in [2.05, 4.69) is 15.3 Å². The zero-order valence-corrected chi connectivity index (χ0v) is 11.7. The lowest BCUT2D eigenvalue weighted by Crippen LogP contribution is -2.15. The Labute approximate surface area is 120 Å². The fraction of sp³-hybridized carbons (Fsp3) is 0.154. The molecule has 2 rings (SSSR count). The molecule has 0 atom stereocenters. The van der Waals surface area contributed by atoms with Gasteiger partial charge in [-0.3, -0.25) is 10.1 Å². The Morgan fingerprint density at radius 1 is 1.30 bits per heavy atom. The Balaban J connectivity index is 2.25. The summed E-state index contributed by atoms with van der Waals surface area (Å²) in [5, 5.41) is 2.96. The van der Waals surface area contributed by atoms with Crippen molar-refractivity contribution in [2.45, 2.75) is 6.92 Å². The van der Waals surface area contributed by atoms with Crippen molar-refractivity contribution in [2.75, 3.05) is 18.2 Å². The van der Waals surface area contributed by atoms with Crippen LogP contribution in [0.15, 0.2) is 24.3 Å². The van der Waals surface area contributed by atoms with E-state index in [0.717, 1.165) is 0 Å². The molecule has 1 aromatic heterocycles. The summed E-state index contributed by atoms with van der Waals surface area (Å²) in [6.45, 7) is 1.78. The van der Waals surface area contributed by atoms with Gasteiger partial charge in [-0.1, -0.05) is 11.6 Å². The molecular weight excluding hydrogens is 280 g/mol. The number of nitrogens with zero attached hydrogens (tertiary/aromatic N) is 2. The average Bonchev–Trinajstić information content (AvgIpc) is 2.36. The minimum absolute atomic E-state index is 0.158. The molecule has 0 bridgehead atoms. The summed E-state index contributed by atoms with van der Waals surface area (Å²) >= 11 is 5.86. The molecule has 0 aliphatic heterocycles. The predicted octanol–water partition coefficient (Wildman–Crippen LogP) is 2.28. The predicted molar refractivity (Wildman–Crippen MR) is 77.1 cm³/mol. The number of nitrogen functional groups attached to an aromatic ring is 1. The van der Waals surface area contributed by atoms with Gasteiger partial charge in [-0.2, -0.15) is 4.98 Å². The van der Waals surface area contributed by atoms with Crippen molar-refractivity contribution in [2.24, 2.45) is 0 Å². The third-order valence-corrected chi connectivity index (χ3v) is 2.67. The fourth-order valence-electron chi connectivity index (χ4n) is 1.62. The van der Waals surface area contributed by atoms with Gasteiger partial charge in [0.15, 0.2) is 0 Å². The van der Waals surface area contributed by atoms with Crippen molar-refractivity contribution in [1.29, 1.82) is 0 Å². The number of halogens is 1. The van der Waals surface area contributed by atoms with Crippen LogP contribution in [0.1, 0.15) is 16.1 Å². The monoisotopic (exact) mass is 292 g/mol. The molecule has 0 saturated carbocycles. The van der Waals surface area contributed by atoms with Crippen molar-refractivity contribution in [3.8, 4) is 5.88 Å². The highest BCUT2D eigenvalue weighted by Gasteiger charge is 2.11. The Hall–Kier alpha value is -2.34. The molecule has 0 aliphatic carbocycles. The van der Waals surface area contributed by atoms with Crippen LogP contribution in [0.5, 0.6) is 5.88 Å². The van der Waals surface area contributed by atoms with Crippen LogP contribution in [0.3, 0.4) is 0 Å². The quantitative estimate of drug-likeness (QED) is 0.847. The molecule has 104 valence electrons. The first-order chi connectivity index (χ1) is 9.47. The molecule has 20 heavy (non-hydrogen) atoms. The summed E-state index contributed by atoms with van der Waals surface area (Å²) in [6, 6.07) is 6.26. The van der Waals surface area contributed by atoms with E-state index in [0.29, 0.717) is 27.8 Å². The first kappa shape index (κ1) is 14.1. The van der Waals surface area contributed by atoms with E-state index in [4.69, 9.17) is 22.1 Å². The molecule has 2 aromatic rings. The van der Waals surface area contributed by atoms with Crippen LogP contribution in [0.4, 0.5) is 11.6 Å². The van der Waals surface area contributed by atoms with Crippen molar-refractivity contribution < 1.29 is 9.53 Å². The molecule has 0 saturated heterocycles. The molecule has 7 heteroatoms. The first-order valence-corrected chi connectivity index (χ1v) is 6.13. The molecule has 1 aromatic carbocycles. The van der Waals surface area contributed by atoms with Crippen molar-refractivity contribution >= 4 is 29.1 Å². The number of rotatable bonds is 3. The number of hydrogen-bond acceptors (Lipinski definition) is 5. The molecule has 0 spiro atoms. The second kappa shape index (κ2) is 5.75. The van der Waals surface area contributed by atoms with Gasteiger partial charge in [0.05, 0.1) is 7.11 Å². The van der Waals surface area contributed by atoms with Gasteiger partial charge < -0.3 is 10.5 Å². The summed E-state index contributed by atoms with van der Waals surface area (Å²) in [4.78, 5) is 20.2. The lowest BCUT2D eigenvalue weighted by molar-refractivity contribution is 0.102. The number of nitrogens with two attached hydrogens (primary N) is 1. The van der Waals surface area contributed by atoms with Gasteiger partial charge in [-0.25, -0.2) is 4.98 Å². The third kappa shape index (κ3) is 3.36. The van der Waals surface area contributed by atoms with Crippen LogP contribution in [0.25, 0.3) is 0 Å². The molecule has 0 unspecified atom stereocenters. The molecule has 0 radical (unpaired) electrons. The lowest BCUT2D eigenvalue weighted by atomic mass is 10.2. The first-order valence-electron chi connectivity index (χ1n) is 5.75.